The lowest BCUT2D eigenvalue weighted by molar-refractivity contribution is -0.124. The lowest BCUT2D eigenvalue weighted by atomic mass is 9.91. The highest BCUT2D eigenvalue weighted by molar-refractivity contribution is 5.86. The molecule has 0 aliphatic rings. The fraction of sp³-hybridized carbons (Fsp3) is 0.188. The van der Waals surface area contributed by atoms with E-state index in [0.717, 1.165) is 5.56 Å². The molecule has 0 aromatic heterocycles. The Kier molecular flexibility index (Phi) is 4.57. The smallest absolute Gasteiger partial charge is 0.245 e. The summed E-state index contributed by atoms with van der Waals surface area (Å²) in [7, 11) is 0. The van der Waals surface area contributed by atoms with E-state index in [1.807, 2.05) is 6.07 Å². The molecule has 5 N–H and O–H groups in total. The number of ether oxygens (including phenoxy) is 1. The van der Waals surface area contributed by atoms with Gasteiger partial charge in [-0.3, -0.25) is 4.79 Å². The maximum absolute atomic E-state index is 11.7. The largest absolute Gasteiger partial charge is 0.491 e. The van der Waals surface area contributed by atoms with Crippen LogP contribution in [0.3, 0.4) is 0 Å². The van der Waals surface area contributed by atoms with Crippen molar-refractivity contribution in [3.63, 3.8) is 0 Å². The molecule has 2 aromatic rings. The van der Waals surface area contributed by atoms with E-state index in [1.54, 1.807) is 48.5 Å². The molecular weight excluding hydrogens is 268 g/mol. The van der Waals surface area contributed by atoms with Crippen LogP contribution < -0.4 is 16.2 Å². The molecule has 21 heavy (non-hydrogen) atoms. The lowest BCUT2D eigenvalue weighted by Gasteiger charge is -2.26. The predicted molar refractivity (Wildman–Crippen MR) is 79.4 cm³/mol. The Balaban J connectivity index is 2.15. The van der Waals surface area contributed by atoms with Gasteiger partial charge in [0.1, 0.15) is 12.4 Å². The number of primary amides is 1. The molecule has 1 atom stereocenters. The Morgan fingerprint density at radius 1 is 1.10 bits per heavy atom. The number of hydrogen-bond acceptors (Lipinski definition) is 4. The predicted octanol–water partition coefficient (Wildman–Crippen LogP) is 0.897. The third-order valence-electron chi connectivity index (χ3n) is 3.30. The van der Waals surface area contributed by atoms with E-state index in [1.165, 1.54) is 0 Å². The summed E-state index contributed by atoms with van der Waals surface area (Å²) in [5, 5.41) is 8.99. The van der Waals surface area contributed by atoms with Crippen molar-refractivity contribution >= 4 is 5.91 Å². The van der Waals surface area contributed by atoms with Crippen LogP contribution in [0.2, 0.25) is 0 Å². The average Bonchev–Trinajstić information content (AvgIpc) is 2.53. The van der Waals surface area contributed by atoms with Crippen LogP contribution in [0.1, 0.15) is 11.1 Å². The molecule has 1 unspecified atom stereocenters. The van der Waals surface area contributed by atoms with Gasteiger partial charge in [-0.25, -0.2) is 0 Å². The molecule has 0 aliphatic carbocycles. The van der Waals surface area contributed by atoms with Crippen molar-refractivity contribution in [3.8, 4) is 5.75 Å². The van der Waals surface area contributed by atoms with Crippen molar-refractivity contribution in [1.82, 2.24) is 0 Å². The van der Waals surface area contributed by atoms with E-state index in [-0.39, 0.29) is 13.2 Å². The first-order valence-corrected chi connectivity index (χ1v) is 6.53. The Morgan fingerprint density at radius 2 is 1.71 bits per heavy atom. The number of carbonyl (C=O) groups excluding carboxylic acids is 1. The van der Waals surface area contributed by atoms with Gasteiger partial charge in [0.15, 0.2) is 5.54 Å². The summed E-state index contributed by atoms with van der Waals surface area (Å²) in [4.78, 5) is 11.7. The van der Waals surface area contributed by atoms with E-state index >= 15 is 0 Å². The van der Waals surface area contributed by atoms with Crippen LogP contribution in [0.15, 0.2) is 54.6 Å². The summed E-state index contributed by atoms with van der Waals surface area (Å²) in [6.07, 6.45) is 0. The standard InChI is InChI=1S/C16H18N2O3/c17-15(20)16(18,13-4-2-1-3-5-13)11-21-14-8-6-12(10-19)7-9-14/h1-9,19H,10-11,18H2,(H2,17,20). The van der Waals surface area contributed by atoms with Gasteiger partial charge in [-0.05, 0) is 23.3 Å². The van der Waals surface area contributed by atoms with Gasteiger partial charge < -0.3 is 21.3 Å². The number of rotatable bonds is 6. The van der Waals surface area contributed by atoms with Crippen LogP contribution >= 0.6 is 0 Å². The van der Waals surface area contributed by atoms with Crippen LogP contribution in [0.25, 0.3) is 0 Å². The van der Waals surface area contributed by atoms with Gasteiger partial charge in [-0.2, -0.15) is 0 Å². The Labute approximate surface area is 123 Å². The fourth-order valence-electron chi connectivity index (χ4n) is 1.92. The van der Waals surface area contributed by atoms with Crippen molar-refractivity contribution in [2.45, 2.75) is 12.1 Å². The van der Waals surface area contributed by atoms with Crippen LogP contribution in [0, 0.1) is 0 Å². The molecule has 2 rings (SSSR count). The molecule has 0 heterocycles. The number of aliphatic hydroxyl groups is 1. The van der Waals surface area contributed by atoms with Crippen LogP contribution in [-0.4, -0.2) is 17.6 Å². The van der Waals surface area contributed by atoms with Crippen molar-refractivity contribution in [3.05, 3.63) is 65.7 Å². The number of hydrogen-bond donors (Lipinski definition) is 3. The number of aliphatic hydroxyl groups excluding tert-OH is 1. The number of benzene rings is 2. The molecule has 1 amide bonds. The normalized spacial score (nSPS) is 13.4. The molecule has 2 aromatic carbocycles. The topological polar surface area (TPSA) is 98.6 Å². The first kappa shape index (κ1) is 15.0. The maximum Gasteiger partial charge on any atom is 0.245 e. The zero-order valence-corrected chi connectivity index (χ0v) is 11.5. The Hall–Kier alpha value is -2.37. The highest BCUT2D eigenvalue weighted by atomic mass is 16.5. The second-order valence-electron chi connectivity index (χ2n) is 4.79. The molecule has 0 bridgehead atoms. The monoisotopic (exact) mass is 286 g/mol. The van der Waals surface area contributed by atoms with E-state index in [2.05, 4.69) is 0 Å². The van der Waals surface area contributed by atoms with Gasteiger partial charge in [0.05, 0.1) is 6.61 Å². The Bertz CT molecular complexity index is 599. The minimum Gasteiger partial charge on any atom is -0.491 e. The molecule has 0 saturated carbocycles. The van der Waals surface area contributed by atoms with E-state index in [0.29, 0.717) is 11.3 Å². The van der Waals surface area contributed by atoms with Crippen molar-refractivity contribution in [2.75, 3.05) is 6.61 Å². The Morgan fingerprint density at radius 3 is 2.24 bits per heavy atom. The molecular formula is C16H18N2O3. The van der Waals surface area contributed by atoms with Crippen molar-refractivity contribution in [1.29, 1.82) is 0 Å². The summed E-state index contributed by atoms with van der Waals surface area (Å²) < 4.78 is 5.58. The minimum absolute atomic E-state index is 0.0353. The summed E-state index contributed by atoms with van der Waals surface area (Å²) in [6, 6.07) is 15.8. The average molecular weight is 286 g/mol. The van der Waals surface area contributed by atoms with Crippen LogP contribution in [0.5, 0.6) is 5.75 Å². The summed E-state index contributed by atoms with van der Waals surface area (Å²) in [6.45, 7) is -0.1000. The summed E-state index contributed by atoms with van der Waals surface area (Å²) in [5.41, 5.74) is 11.5. The van der Waals surface area contributed by atoms with Crippen molar-refractivity contribution < 1.29 is 14.6 Å². The second kappa shape index (κ2) is 6.39. The molecule has 0 spiro atoms. The zero-order valence-electron chi connectivity index (χ0n) is 11.5. The third kappa shape index (κ3) is 3.39. The fourth-order valence-corrected chi connectivity index (χ4v) is 1.92. The third-order valence-corrected chi connectivity index (χ3v) is 3.30. The number of amides is 1. The zero-order chi connectivity index (χ0) is 15.3. The number of nitrogens with two attached hydrogens (primary N) is 2. The number of carbonyl (C=O) groups is 1. The SMILES string of the molecule is NC(=O)C(N)(COc1ccc(CO)cc1)c1ccccc1. The maximum atomic E-state index is 11.7. The van der Waals surface area contributed by atoms with E-state index < -0.39 is 11.4 Å². The molecule has 0 aliphatic heterocycles. The first-order chi connectivity index (χ1) is 10.1. The van der Waals surface area contributed by atoms with Gasteiger partial charge in [0.25, 0.3) is 0 Å². The molecule has 0 fully saturated rings. The van der Waals surface area contributed by atoms with Gasteiger partial charge in [-0.1, -0.05) is 42.5 Å². The molecule has 0 saturated heterocycles. The minimum atomic E-state index is -1.39. The summed E-state index contributed by atoms with van der Waals surface area (Å²) >= 11 is 0. The highest BCUT2D eigenvalue weighted by Gasteiger charge is 2.35. The summed E-state index contributed by atoms with van der Waals surface area (Å²) in [5.74, 6) is -0.0973. The van der Waals surface area contributed by atoms with Gasteiger partial charge in [-0.15, -0.1) is 0 Å². The first-order valence-electron chi connectivity index (χ1n) is 6.53. The van der Waals surface area contributed by atoms with Crippen LogP contribution in [0.4, 0.5) is 0 Å². The lowest BCUT2D eigenvalue weighted by Crippen LogP contribution is -2.53. The molecule has 110 valence electrons. The second-order valence-corrected chi connectivity index (χ2v) is 4.79. The molecule has 5 nitrogen and oxygen atoms in total. The van der Waals surface area contributed by atoms with E-state index in [4.69, 9.17) is 21.3 Å². The quantitative estimate of drug-likeness (QED) is 0.734. The van der Waals surface area contributed by atoms with Gasteiger partial charge >= 0.3 is 0 Å². The van der Waals surface area contributed by atoms with Crippen LogP contribution in [-0.2, 0) is 16.9 Å². The van der Waals surface area contributed by atoms with Gasteiger partial charge in [0.2, 0.25) is 5.91 Å². The molecule has 0 radical (unpaired) electrons. The van der Waals surface area contributed by atoms with E-state index in [9.17, 15) is 4.79 Å². The van der Waals surface area contributed by atoms with Gasteiger partial charge in [0, 0.05) is 0 Å². The van der Waals surface area contributed by atoms with Crippen molar-refractivity contribution in [2.24, 2.45) is 11.5 Å². The highest BCUT2D eigenvalue weighted by Crippen LogP contribution is 2.20. The molecule has 5 heteroatoms.